The third kappa shape index (κ3) is 3.63. The first-order chi connectivity index (χ1) is 11.1. The van der Waals surface area contributed by atoms with Crippen LogP contribution in [0.15, 0.2) is 47.6 Å². The molecule has 0 radical (unpaired) electrons. The van der Waals surface area contributed by atoms with Gasteiger partial charge in [0.15, 0.2) is 0 Å². The van der Waals surface area contributed by atoms with Crippen molar-refractivity contribution < 1.29 is 4.74 Å². The molecule has 0 saturated heterocycles. The molecule has 0 aliphatic heterocycles. The van der Waals surface area contributed by atoms with Gasteiger partial charge in [0.05, 0.1) is 13.3 Å². The lowest BCUT2D eigenvalue weighted by Crippen LogP contribution is -1.99. The second kappa shape index (κ2) is 6.44. The van der Waals surface area contributed by atoms with Crippen LogP contribution < -0.4 is 10.2 Å². The Labute approximate surface area is 135 Å². The minimum Gasteiger partial charge on any atom is -0.497 e. The normalized spacial score (nSPS) is 11.1. The van der Waals surface area contributed by atoms with Crippen molar-refractivity contribution in [1.29, 1.82) is 0 Å². The summed E-state index contributed by atoms with van der Waals surface area (Å²) < 4.78 is 5.24. The summed E-state index contributed by atoms with van der Waals surface area (Å²) in [4.78, 5) is 8.57. The third-order valence-electron chi connectivity index (χ3n) is 3.43. The molecule has 1 heterocycles. The number of anilines is 1. The SMILES string of the molecule is COc1ccc2cc(/C=N\Nc3nc(C)cc(C)n3)ccc2c1. The molecule has 0 fully saturated rings. The van der Waals surface area contributed by atoms with Gasteiger partial charge in [-0.3, -0.25) is 0 Å². The number of aryl methyl sites for hydroxylation is 2. The highest BCUT2D eigenvalue weighted by Crippen LogP contribution is 2.21. The summed E-state index contributed by atoms with van der Waals surface area (Å²) in [6, 6.07) is 14.0. The van der Waals surface area contributed by atoms with E-state index in [-0.39, 0.29) is 0 Å². The van der Waals surface area contributed by atoms with E-state index >= 15 is 0 Å². The second-order valence-corrected chi connectivity index (χ2v) is 5.32. The van der Waals surface area contributed by atoms with Crippen LogP contribution in [-0.4, -0.2) is 23.3 Å². The van der Waals surface area contributed by atoms with E-state index in [1.807, 2.05) is 50.2 Å². The van der Waals surface area contributed by atoms with E-state index in [1.54, 1.807) is 13.3 Å². The molecular formula is C18H18N4O. The fourth-order valence-electron chi connectivity index (χ4n) is 2.39. The van der Waals surface area contributed by atoms with E-state index in [1.165, 1.54) is 0 Å². The number of hydrogen-bond donors (Lipinski definition) is 1. The van der Waals surface area contributed by atoms with E-state index < -0.39 is 0 Å². The van der Waals surface area contributed by atoms with Crippen molar-refractivity contribution in [2.24, 2.45) is 5.10 Å². The largest absolute Gasteiger partial charge is 0.497 e. The quantitative estimate of drug-likeness (QED) is 0.590. The zero-order valence-corrected chi connectivity index (χ0v) is 13.4. The molecule has 3 aromatic rings. The van der Waals surface area contributed by atoms with Crippen LogP contribution >= 0.6 is 0 Å². The summed E-state index contributed by atoms with van der Waals surface area (Å²) in [7, 11) is 1.67. The van der Waals surface area contributed by atoms with Gasteiger partial charge in [-0.15, -0.1) is 0 Å². The van der Waals surface area contributed by atoms with Crippen molar-refractivity contribution in [2.45, 2.75) is 13.8 Å². The molecule has 0 aliphatic carbocycles. The number of hydrogen-bond acceptors (Lipinski definition) is 5. The van der Waals surface area contributed by atoms with Crippen LogP contribution in [0.2, 0.25) is 0 Å². The number of nitrogens with zero attached hydrogens (tertiary/aromatic N) is 3. The summed E-state index contributed by atoms with van der Waals surface area (Å²) >= 11 is 0. The monoisotopic (exact) mass is 306 g/mol. The molecule has 0 amide bonds. The molecule has 1 aromatic heterocycles. The third-order valence-corrected chi connectivity index (χ3v) is 3.43. The van der Waals surface area contributed by atoms with Crippen LogP contribution in [0.1, 0.15) is 17.0 Å². The molecule has 23 heavy (non-hydrogen) atoms. The summed E-state index contributed by atoms with van der Waals surface area (Å²) in [6.07, 6.45) is 1.75. The number of nitrogens with one attached hydrogen (secondary N) is 1. The Morgan fingerprint density at radius 3 is 2.39 bits per heavy atom. The van der Waals surface area contributed by atoms with E-state index in [2.05, 4.69) is 26.6 Å². The van der Waals surface area contributed by atoms with Crippen molar-refractivity contribution in [3.63, 3.8) is 0 Å². The maximum Gasteiger partial charge on any atom is 0.243 e. The Morgan fingerprint density at radius 2 is 1.65 bits per heavy atom. The predicted octanol–water partition coefficient (Wildman–Crippen LogP) is 3.70. The Hall–Kier alpha value is -2.95. The molecule has 1 N–H and O–H groups in total. The van der Waals surface area contributed by atoms with E-state index in [9.17, 15) is 0 Å². The number of hydrazone groups is 1. The summed E-state index contributed by atoms with van der Waals surface area (Å²) in [5.74, 6) is 1.36. The molecule has 0 saturated carbocycles. The van der Waals surface area contributed by atoms with E-state index in [4.69, 9.17) is 4.74 Å². The van der Waals surface area contributed by atoms with Gasteiger partial charge < -0.3 is 4.74 Å². The first-order valence-electron chi connectivity index (χ1n) is 7.33. The topological polar surface area (TPSA) is 59.4 Å². The van der Waals surface area contributed by atoms with Crippen molar-refractivity contribution in [2.75, 3.05) is 12.5 Å². The number of aromatic nitrogens is 2. The average molecular weight is 306 g/mol. The minimum absolute atomic E-state index is 0.504. The molecule has 5 nitrogen and oxygen atoms in total. The second-order valence-electron chi connectivity index (χ2n) is 5.32. The highest BCUT2D eigenvalue weighted by Gasteiger charge is 1.99. The standard InChI is InChI=1S/C18H18N4O/c1-12-8-13(2)21-18(20-12)22-19-11-14-4-5-16-10-17(23-3)7-6-15(16)9-14/h4-11H,1-3H3,(H,20,21,22)/b19-11-. The fraction of sp³-hybridized carbons (Fsp3) is 0.167. The lowest BCUT2D eigenvalue weighted by molar-refractivity contribution is 0.415. The van der Waals surface area contributed by atoms with Crippen molar-refractivity contribution >= 4 is 22.9 Å². The van der Waals surface area contributed by atoms with Gasteiger partial charge in [-0.2, -0.15) is 5.10 Å². The highest BCUT2D eigenvalue weighted by molar-refractivity contribution is 5.91. The zero-order chi connectivity index (χ0) is 16.2. The van der Waals surface area contributed by atoms with E-state index in [0.717, 1.165) is 33.5 Å². The molecular weight excluding hydrogens is 288 g/mol. The molecule has 3 rings (SSSR count). The van der Waals surface area contributed by atoms with Gasteiger partial charge in [0.1, 0.15) is 5.75 Å². The van der Waals surface area contributed by atoms with Crippen molar-refractivity contribution in [3.05, 3.63) is 59.4 Å². The number of rotatable bonds is 4. The predicted molar refractivity (Wildman–Crippen MR) is 93.2 cm³/mol. The zero-order valence-electron chi connectivity index (χ0n) is 13.4. The van der Waals surface area contributed by atoms with Gasteiger partial charge >= 0.3 is 0 Å². The number of ether oxygens (including phenoxy) is 1. The molecule has 0 unspecified atom stereocenters. The lowest BCUT2D eigenvalue weighted by atomic mass is 10.1. The van der Waals surface area contributed by atoms with Gasteiger partial charge in [0.2, 0.25) is 5.95 Å². The van der Waals surface area contributed by atoms with Gasteiger partial charge in [-0.05, 0) is 54.4 Å². The van der Waals surface area contributed by atoms with Gasteiger partial charge in [0, 0.05) is 11.4 Å². The molecule has 2 aromatic carbocycles. The molecule has 0 spiro atoms. The maximum absolute atomic E-state index is 5.24. The first kappa shape index (κ1) is 15.0. The number of fused-ring (bicyclic) bond motifs is 1. The summed E-state index contributed by atoms with van der Waals surface area (Å²) in [5, 5.41) is 6.48. The molecule has 0 aliphatic rings. The van der Waals surface area contributed by atoms with E-state index in [0.29, 0.717) is 5.95 Å². The Bertz CT molecular complexity index is 854. The van der Waals surface area contributed by atoms with Crippen LogP contribution in [0.25, 0.3) is 10.8 Å². The summed E-state index contributed by atoms with van der Waals surface area (Å²) in [6.45, 7) is 3.86. The lowest BCUT2D eigenvalue weighted by Gasteiger charge is -2.04. The molecule has 0 atom stereocenters. The maximum atomic E-state index is 5.24. The number of benzene rings is 2. The highest BCUT2D eigenvalue weighted by atomic mass is 16.5. The first-order valence-corrected chi connectivity index (χ1v) is 7.33. The summed E-state index contributed by atoms with van der Waals surface area (Å²) in [5.41, 5.74) is 5.69. The average Bonchev–Trinajstić information content (AvgIpc) is 2.53. The molecule has 116 valence electrons. The van der Waals surface area contributed by atoms with Crippen molar-refractivity contribution in [3.8, 4) is 5.75 Å². The molecule has 0 bridgehead atoms. The van der Waals surface area contributed by atoms with Crippen LogP contribution in [0, 0.1) is 13.8 Å². The Kier molecular flexibility index (Phi) is 4.19. The van der Waals surface area contributed by atoms with Crippen molar-refractivity contribution in [1.82, 2.24) is 9.97 Å². The van der Waals surface area contributed by atoms with Gasteiger partial charge in [0.25, 0.3) is 0 Å². The van der Waals surface area contributed by atoms with Gasteiger partial charge in [-0.1, -0.05) is 18.2 Å². The number of methoxy groups -OCH3 is 1. The van der Waals surface area contributed by atoms with Crippen LogP contribution in [-0.2, 0) is 0 Å². The Balaban J connectivity index is 1.78. The smallest absolute Gasteiger partial charge is 0.243 e. The fourth-order valence-corrected chi connectivity index (χ4v) is 2.39. The Morgan fingerprint density at radius 1 is 0.957 bits per heavy atom. The van der Waals surface area contributed by atoms with Crippen LogP contribution in [0.3, 0.4) is 0 Å². The van der Waals surface area contributed by atoms with Gasteiger partial charge in [-0.25, -0.2) is 15.4 Å². The van der Waals surface area contributed by atoms with Crippen LogP contribution in [0.4, 0.5) is 5.95 Å². The molecule has 5 heteroatoms. The minimum atomic E-state index is 0.504. The van der Waals surface area contributed by atoms with Crippen LogP contribution in [0.5, 0.6) is 5.75 Å².